The van der Waals surface area contributed by atoms with Crippen LogP contribution in [0.5, 0.6) is 0 Å². The summed E-state index contributed by atoms with van der Waals surface area (Å²) in [6, 6.07) is 4.58. The van der Waals surface area contributed by atoms with E-state index in [0.717, 1.165) is 30.2 Å². The maximum absolute atomic E-state index is 12.2. The van der Waals surface area contributed by atoms with Crippen LogP contribution in [-0.4, -0.2) is 61.5 Å². The van der Waals surface area contributed by atoms with Crippen molar-refractivity contribution in [1.29, 1.82) is 0 Å². The fraction of sp³-hybridized carbons (Fsp3) is 0.500. The number of nitrogens with zero attached hydrogens (tertiary/aromatic N) is 3. The van der Waals surface area contributed by atoms with Gasteiger partial charge in [0.1, 0.15) is 5.52 Å². The number of piperidine rings is 1. The lowest BCUT2D eigenvalue weighted by atomic mass is 10.1. The highest BCUT2D eigenvalue weighted by Gasteiger charge is 2.20. The molecule has 0 atom stereocenters. The Morgan fingerprint density at radius 1 is 1.28 bits per heavy atom. The lowest BCUT2D eigenvalue weighted by molar-refractivity contribution is -0.129. The molecule has 3 rings (SSSR count). The molecule has 1 aromatic heterocycles. The van der Waals surface area contributed by atoms with Gasteiger partial charge in [-0.1, -0.05) is 11.8 Å². The smallest absolute Gasteiger partial charge is 0.257 e. The van der Waals surface area contributed by atoms with Gasteiger partial charge in [-0.05, 0) is 37.5 Å². The first kappa shape index (κ1) is 18.2. The highest BCUT2D eigenvalue weighted by molar-refractivity contribution is 7.99. The lowest BCUT2D eigenvalue weighted by Crippen LogP contribution is -2.36. The third kappa shape index (κ3) is 3.99. The molecule has 1 fully saturated rings. The predicted octanol–water partition coefficient (Wildman–Crippen LogP) is 2.18. The first-order valence-corrected chi connectivity index (χ1v) is 10.5. The SMILES string of the molecule is CN(C)S(=O)(=O)c1ccc2oc(SCC(=O)N3CCCCC3)nc2c1. The highest BCUT2D eigenvalue weighted by Crippen LogP contribution is 2.26. The Morgan fingerprint density at radius 2 is 2.00 bits per heavy atom. The number of benzene rings is 1. The molecular weight excluding hydrogens is 362 g/mol. The van der Waals surface area contributed by atoms with E-state index < -0.39 is 10.0 Å². The molecule has 0 N–H and O–H groups in total. The summed E-state index contributed by atoms with van der Waals surface area (Å²) in [4.78, 5) is 18.5. The van der Waals surface area contributed by atoms with E-state index in [9.17, 15) is 13.2 Å². The van der Waals surface area contributed by atoms with Crippen LogP contribution in [0.1, 0.15) is 19.3 Å². The fourth-order valence-corrected chi connectivity index (χ4v) is 4.34. The number of fused-ring (bicyclic) bond motifs is 1. The Kier molecular flexibility index (Phi) is 5.35. The number of oxazole rings is 1. The van der Waals surface area contributed by atoms with Gasteiger partial charge in [-0.3, -0.25) is 4.79 Å². The van der Waals surface area contributed by atoms with Crippen LogP contribution in [0.3, 0.4) is 0 Å². The number of sulfonamides is 1. The summed E-state index contributed by atoms with van der Waals surface area (Å²) >= 11 is 1.24. The van der Waals surface area contributed by atoms with Crippen LogP contribution >= 0.6 is 11.8 Å². The summed E-state index contributed by atoms with van der Waals surface area (Å²) in [5, 5.41) is 0.375. The van der Waals surface area contributed by atoms with E-state index in [2.05, 4.69) is 4.98 Å². The zero-order valence-corrected chi connectivity index (χ0v) is 15.9. The first-order chi connectivity index (χ1) is 11.9. The van der Waals surface area contributed by atoms with Gasteiger partial charge in [0.2, 0.25) is 15.9 Å². The summed E-state index contributed by atoms with van der Waals surface area (Å²) in [7, 11) is -0.551. The number of hydrogen-bond acceptors (Lipinski definition) is 6. The van der Waals surface area contributed by atoms with Crippen LogP contribution in [0, 0.1) is 0 Å². The van der Waals surface area contributed by atoms with Gasteiger partial charge in [-0.15, -0.1) is 0 Å². The van der Waals surface area contributed by atoms with Crippen LogP contribution in [0.4, 0.5) is 0 Å². The van der Waals surface area contributed by atoms with Crippen molar-refractivity contribution in [3.8, 4) is 0 Å². The summed E-state index contributed by atoms with van der Waals surface area (Å²) in [5.41, 5.74) is 0.974. The number of thioether (sulfide) groups is 1. The van der Waals surface area contributed by atoms with Gasteiger partial charge in [0.15, 0.2) is 5.58 Å². The van der Waals surface area contributed by atoms with E-state index in [1.807, 2.05) is 4.90 Å². The standard InChI is InChI=1S/C16H21N3O4S2/c1-18(2)25(21,22)12-6-7-14-13(10-12)17-16(23-14)24-11-15(20)19-8-4-3-5-9-19/h6-7,10H,3-5,8-9,11H2,1-2H3. The number of aromatic nitrogens is 1. The van der Waals surface area contributed by atoms with E-state index in [0.29, 0.717) is 16.3 Å². The van der Waals surface area contributed by atoms with E-state index in [1.54, 1.807) is 6.07 Å². The molecule has 9 heteroatoms. The number of carbonyl (C=O) groups excluding carboxylic acids is 1. The highest BCUT2D eigenvalue weighted by atomic mass is 32.2. The van der Waals surface area contributed by atoms with Crippen LogP contribution < -0.4 is 0 Å². The second kappa shape index (κ2) is 7.35. The average molecular weight is 383 g/mol. The van der Waals surface area contributed by atoms with Crippen LogP contribution in [-0.2, 0) is 14.8 Å². The molecule has 0 unspecified atom stereocenters. The third-order valence-electron chi connectivity index (χ3n) is 4.15. The summed E-state index contributed by atoms with van der Waals surface area (Å²) in [6.45, 7) is 1.64. The monoisotopic (exact) mass is 383 g/mol. The number of amides is 1. The Hall–Kier alpha value is -1.58. The number of carbonyl (C=O) groups is 1. The van der Waals surface area contributed by atoms with E-state index in [-0.39, 0.29) is 16.6 Å². The number of likely N-dealkylation sites (tertiary alicyclic amines) is 1. The predicted molar refractivity (Wildman–Crippen MR) is 96.0 cm³/mol. The minimum atomic E-state index is -3.52. The van der Waals surface area contributed by atoms with Crippen LogP contribution in [0.15, 0.2) is 32.7 Å². The van der Waals surface area contributed by atoms with Crippen molar-refractivity contribution in [3.05, 3.63) is 18.2 Å². The molecule has 7 nitrogen and oxygen atoms in total. The van der Waals surface area contributed by atoms with Gasteiger partial charge >= 0.3 is 0 Å². The first-order valence-electron chi connectivity index (χ1n) is 8.11. The normalized spacial score (nSPS) is 15.9. The molecule has 1 aliphatic rings. The quantitative estimate of drug-likeness (QED) is 0.736. The van der Waals surface area contributed by atoms with Gasteiger partial charge in [0.05, 0.1) is 10.6 Å². The van der Waals surface area contributed by atoms with Crippen LogP contribution in [0.25, 0.3) is 11.1 Å². The number of rotatable bonds is 5. The maximum atomic E-state index is 12.2. The molecule has 2 heterocycles. The largest absolute Gasteiger partial charge is 0.431 e. The molecular formula is C16H21N3O4S2. The Bertz CT molecular complexity index is 871. The minimum Gasteiger partial charge on any atom is -0.431 e. The zero-order chi connectivity index (χ0) is 18.0. The Labute approximate surface area is 151 Å². The van der Waals surface area contributed by atoms with Crippen molar-refractivity contribution >= 4 is 38.8 Å². The van der Waals surface area contributed by atoms with E-state index in [1.165, 1.54) is 44.4 Å². The summed E-state index contributed by atoms with van der Waals surface area (Å²) in [5.74, 6) is 0.359. The van der Waals surface area contributed by atoms with Gasteiger partial charge in [0, 0.05) is 27.2 Å². The van der Waals surface area contributed by atoms with Crippen molar-refractivity contribution in [3.63, 3.8) is 0 Å². The van der Waals surface area contributed by atoms with E-state index >= 15 is 0 Å². The molecule has 0 spiro atoms. The molecule has 1 saturated heterocycles. The molecule has 1 aliphatic heterocycles. The van der Waals surface area contributed by atoms with Crippen molar-refractivity contribution in [2.45, 2.75) is 29.4 Å². The summed E-state index contributed by atoms with van der Waals surface area (Å²) in [6.07, 6.45) is 3.30. The zero-order valence-electron chi connectivity index (χ0n) is 14.3. The van der Waals surface area contributed by atoms with Crippen molar-refractivity contribution in [2.75, 3.05) is 32.9 Å². The van der Waals surface area contributed by atoms with Crippen molar-refractivity contribution in [2.24, 2.45) is 0 Å². The third-order valence-corrected chi connectivity index (χ3v) is 6.77. The molecule has 0 saturated carbocycles. The molecule has 1 amide bonds. The fourth-order valence-electron chi connectivity index (χ4n) is 2.68. The maximum Gasteiger partial charge on any atom is 0.257 e. The Morgan fingerprint density at radius 3 is 2.68 bits per heavy atom. The molecule has 25 heavy (non-hydrogen) atoms. The molecule has 1 aromatic carbocycles. The molecule has 136 valence electrons. The van der Waals surface area contributed by atoms with Gasteiger partial charge in [-0.2, -0.15) is 0 Å². The van der Waals surface area contributed by atoms with Crippen molar-refractivity contribution < 1.29 is 17.6 Å². The lowest BCUT2D eigenvalue weighted by Gasteiger charge is -2.26. The number of hydrogen-bond donors (Lipinski definition) is 0. The summed E-state index contributed by atoms with van der Waals surface area (Å²) < 4.78 is 31.1. The van der Waals surface area contributed by atoms with Crippen LogP contribution in [0.2, 0.25) is 0 Å². The molecule has 2 aromatic rings. The van der Waals surface area contributed by atoms with Gasteiger partial charge < -0.3 is 9.32 Å². The average Bonchev–Trinajstić information content (AvgIpc) is 3.02. The second-order valence-corrected chi connectivity index (χ2v) is 9.21. The topological polar surface area (TPSA) is 83.7 Å². The Balaban J connectivity index is 1.72. The van der Waals surface area contributed by atoms with Gasteiger partial charge in [-0.25, -0.2) is 17.7 Å². The molecule has 0 bridgehead atoms. The second-order valence-electron chi connectivity index (χ2n) is 6.13. The molecule has 0 aliphatic carbocycles. The molecule has 0 radical (unpaired) electrons. The minimum absolute atomic E-state index is 0.0860. The van der Waals surface area contributed by atoms with E-state index in [4.69, 9.17) is 4.42 Å². The van der Waals surface area contributed by atoms with Crippen molar-refractivity contribution in [1.82, 2.24) is 14.2 Å². The van der Waals surface area contributed by atoms with Gasteiger partial charge in [0.25, 0.3) is 5.22 Å².